The maximum atomic E-state index is 3.90. The van der Waals surface area contributed by atoms with E-state index in [-0.39, 0.29) is 0 Å². The van der Waals surface area contributed by atoms with Gasteiger partial charge in [0.1, 0.15) is 5.82 Å². The van der Waals surface area contributed by atoms with Crippen LogP contribution in [0.15, 0.2) is 12.5 Å². The molecule has 3 nitrogen and oxygen atoms in total. The van der Waals surface area contributed by atoms with Gasteiger partial charge in [0, 0.05) is 6.54 Å². The monoisotopic (exact) mass is 153 g/mol. The first-order valence-corrected chi connectivity index (χ1v) is 4.01. The Hall–Kier alpha value is -0.990. The van der Waals surface area contributed by atoms with Crippen molar-refractivity contribution in [1.29, 1.82) is 0 Å². The Morgan fingerprint density at radius 2 is 2.45 bits per heavy atom. The van der Waals surface area contributed by atoms with Gasteiger partial charge in [0.05, 0.1) is 12.5 Å². The Morgan fingerprint density at radius 3 is 3.00 bits per heavy atom. The van der Waals surface area contributed by atoms with Crippen molar-refractivity contribution < 1.29 is 0 Å². The highest BCUT2D eigenvalue weighted by Crippen LogP contribution is 2.01. The van der Waals surface area contributed by atoms with Crippen LogP contribution in [0, 0.1) is 5.92 Å². The molecule has 1 rings (SSSR count). The minimum atomic E-state index is 0.755. The number of rotatable bonds is 4. The van der Waals surface area contributed by atoms with Gasteiger partial charge in [0.25, 0.3) is 0 Å². The van der Waals surface area contributed by atoms with Crippen LogP contribution >= 0.6 is 0 Å². The smallest absolute Gasteiger partial charge is 0.123 e. The highest BCUT2D eigenvalue weighted by Gasteiger charge is 1.94. The Kier molecular flexibility index (Phi) is 2.95. The topological polar surface area (TPSA) is 40.7 Å². The van der Waals surface area contributed by atoms with Crippen LogP contribution in [0.5, 0.6) is 0 Å². The van der Waals surface area contributed by atoms with Crippen molar-refractivity contribution >= 4 is 5.82 Å². The van der Waals surface area contributed by atoms with Gasteiger partial charge < -0.3 is 10.3 Å². The molecule has 0 unspecified atom stereocenters. The van der Waals surface area contributed by atoms with E-state index in [4.69, 9.17) is 0 Å². The lowest BCUT2D eigenvalue weighted by Crippen LogP contribution is -2.04. The zero-order valence-corrected chi connectivity index (χ0v) is 7.09. The van der Waals surface area contributed by atoms with Gasteiger partial charge in [-0.05, 0) is 12.3 Å². The Balaban J connectivity index is 2.14. The molecule has 0 spiro atoms. The van der Waals surface area contributed by atoms with Gasteiger partial charge in [-0.15, -0.1) is 0 Å². The summed E-state index contributed by atoms with van der Waals surface area (Å²) in [5.41, 5.74) is 0. The number of aromatic nitrogens is 2. The second kappa shape index (κ2) is 4.01. The van der Waals surface area contributed by atoms with E-state index in [1.54, 1.807) is 12.5 Å². The van der Waals surface area contributed by atoms with Gasteiger partial charge >= 0.3 is 0 Å². The van der Waals surface area contributed by atoms with E-state index in [0.29, 0.717) is 0 Å². The molecule has 0 radical (unpaired) electrons. The largest absolute Gasteiger partial charge is 0.370 e. The van der Waals surface area contributed by atoms with Crippen molar-refractivity contribution in [2.24, 2.45) is 5.92 Å². The fourth-order valence-electron chi connectivity index (χ4n) is 0.848. The van der Waals surface area contributed by atoms with Crippen molar-refractivity contribution in [2.45, 2.75) is 20.3 Å². The molecule has 1 aromatic rings. The molecule has 11 heavy (non-hydrogen) atoms. The predicted octanol–water partition coefficient (Wildman–Crippen LogP) is 1.87. The van der Waals surface area contributed by atoms with Crippen molar-refractivity contribution in [3.8, 4) is 0 Å². The minimum Gasteiger partial charge on any atom is -0.370 e. The number of anilines is 1. The minimum absolute atomic E-state index is 0.755. The van der Waals surface area contributed by atoms with E-state index in [1.165, 1.54) is 6.42 Å². The molecular formula is C8H15N3. The first-order chi connectivity index (χ1) is 5.29. The molecule has 0 saturated carbocycles. The van der Waals surface area contributed by atoms with Crippen LogP contribution < -0.4 is 5.32 Å². The highest BCUT2D eigenvalue weighted by atomic mass is 15.0. The van der Waals surface area contributed by atoms with Crippen LogP contribution in [0.25, 0.3) is 0 Å². The first-order valence-electron chi connectivity index (χ1n) is 4.01. The zero-order chi connectivity index (χ0) is 8.10. The van der Waals surface area contributed by atoms with E-state index in [9.17, 15) is 0 Å². The molecule has 0 fully saturated rings. The SMILES string of the molecule is CC(C)CCNc1cnc[nH]1. The molecule has 62 valence electrons. The van der Waals surface area contributed by atoms with Crippen LogP contribution in [0.2, 0.25) is 0 Å². The summed E-state index contributed by atoms with van der Waals surface area (Å²) in [6.07, 6.45) is 4.66. The fourth-order valence-corrected chi connectivity index (χ4v) is 0.848. The van der Waals surface area contributed by atoms with E-state index in [1.807, 2.05) is 0 Å². The van der Waals surface area contributed by atoms with Crippen molar-refractivity contribution in [2.75, 3.05) is 11.9 Å². The summed E-state index contributed by atoms with van der Waals surface area (Å²) >= 11 is 0. The molecule has 1 heterocycles. The van der Waals surface area contributed by atoms with E-state index in [0.717, 1.165) is 18.3 Å². The van der Waals surface area contributed by atoms with Crippen LogP contribution in [0.1, 0.15) is 20.3 Å². The Labute approximate surface area is 67.2 Å². The third-order valence-electron chi connectivity index (χ3n) is 1.54. The average molecular weight is 153 g/mol. The highest BCUT2D eigenvalue weighted by molar-refractivity contribution is 5.29. The van der Waals surface area contributed by atoms with Gasteiger partial charge in [-0.2, -0.15) is 0 Å². The van der Waals surface area contributed by atoms with Crippen LogP contribution in [0.3, 0.4) is 0 Å². The molecule has 0 atom stereocenters. The molecule has 0 bridgehead atoms. The third kappa shape index (κ3) is 3.07. The van der Waals surface area contributed by atoms with Crippen molar-refractivity contribution in [3.05, 3.63) is 12.5 Å². The molecule has 0 aromatic carbocycles. The fraction of sp³-hybridized carbons (Fsp3) is 0.625. The lowest BCUT2D eigenvalue weighted by atomic mass is 10.1. The molecule has 3 heteroatoms. The summed E-state index contributed by atoms with van der Waals surface area (Å²) in [7, 11) is 0. The average Bonchev–Trinajstić information content (AvgIpc) is 2.39. The number of nitrogens with one attached hydrogen (secondary N) is 2. The quantitative estimate of drug-likeness (QED) is 0.693. The van der Waals surface area contributed by atoms with Gasteiger partial charge in [-0.1, -0.05) is 13.8 Å². The molecule has 0 aliphatic carbocycles. The molecule has 0 saturated heterocycles. The summed E-state index contributed by atoms with van der Waals surface area (Å²) in [6, 6.07) is 0. The second-order valence-corrected chi connectivity index (χ2v) is 3.07. The van der Waals surface area contributed by atoms with Gasteiger partial charge in [-0.25, -0.2) is 4.98 Å². The summed E-state index contributed by atoms with van der Waals surface area (Å²) in [5.74, 6) is 1.76. The molecule has 0 aliphatic heterocycles. The number of imidazole rings is 1. The zero-order valence-electron chi connectivity index (χ0n) is 7.09. The maximum absolute atomic E-state index is 3.90. The number of hydrogen-bond acceptors (Lipinski definition) is 2. The van der Waals surface area contributed by atoms with Crippen LogP contribution in [-0.4, -0.2) is 16.5 Å². The normalized spacial score (nSPS) is 10.5. The molecule has 2 N–H and O–H groups in total. The number of aromatic amines is 1. The summed E-state index contributed by atoms with van der Waals surface area (Å²) in [4.78, 5) is 6.89. The second-order valence-electron chi connectivity index (χ2n) is 3.07. The third-order valence-corrected chi connectivity index (χ3v) is 1.54. The van der Waals surface area contributed by atoms with Crippen molar-refractivity contribution in [3.63, 3.8) is 0 Å². The van der Waals surface area contributed by atoms with E-state index in [2.05, 4.69) is 29.1 Å². The van der Waals surface area contributed by atoms with E-state index >= 15 is 0 Å². The van der Waals surface area contributed by atoms with Gasteiger partial charge in [-0.3, -0.25) is 0 Å². The van der Waals surface area contributed by atoms with Crippen LogP contribution in [0.4, 0.5) is 5.82 Å². The Morgan fingerprint density at radius 1 is 1.64 bits per heavy atom. The molecule has 1 aromatic heterocycles. The van der Waals surface area contributed by atoms with Crippen LogP contribution in [-0.2, 0) is 0 Å². The number of H-pyrrole nitrogens is 1. The lowest BCUT2D eigenvalue weighted by Gasteiger charge is -2.04. The standard InChI is InChI=1S/C8H15N3/c1-7(2)3-4-10-8-5-9-6-11-8/h5-7,10H,3-4H2,1-2H3,(H,9,11). The van der Waals surface area contributed by atoms with Gasteiger partial charge in [0.15, 0.2) is 0 Å². The molecule has 0 amide bonds. The lowest BCUT2D eigenvalue weighted by molar-refractivity contribution is 0.607. The summed E-state index contributed by atoms with van der Waals surface area (Å²) in [6.45, 7) is 5.45. The maximum Gasteiger partial charge on any atom is 0.123 e. The number of nitrogens with zero attached hydrogens (tertiary/aromatic N) is 1. The molecule has 0 aliphatic rings. The summed E-state index contributed by atoms with van der Waals surface area (Å²) in [5, 5.41) is 3.24. The van der Waals surface area contributed by atoms with E-state index < -0.39 is 0 Å². The first kappa shape index (κ1) is 8.11. The Bertz CT molecular complexity index is 179. The number of hydrogen-bond donors (Lipinski definition) is 2. The molecular weight excluding hydrogens is 138 g/mol. The predicted molar refractivity (Wildman–Crippen MR) is 46.5 cm³/mol. The summed E-state index contributed by atoms with van der Waals surface area (Å²) < 4.78 is 0. The van der Waals surface area contributed by atoms with Gasteiger partial charge in [0.2, 0.25) is 0 Å². The van der Waals surface area contributed by atoms with Crippen molar-refractivity contribution in [1.82, 2.24) is 9.97 Å².